The Kier molecular flexibility index (Phi) is 5.58. The topological polar surface area (TPSA) is 50.2 Å². The summed E-state index contributed by atoms with van der Waals surface area (Å²) < 4.78 is 1.62. The van der Waals surface area contributed by atoms with Crippen molar-refractivity contribution in [3.63, 3.8) is 0 Å². The molecule has 1 atom stereocenters. The number of hydrogen-bond acceptors (Lipinski definition) is 4. The normalized spacial score (nSPS) is 26.1. The first-order valence-electron chi connectivity index (χ1n) is 10.3. The minimum Gasteiger partial charge on any atom is -0.350 e. The lowest BCUT2D eigenvalue weighted by Crippen LogP contribution is -2.51. The summed E-state index contributed by atoms with van der Waals surface area (Å²) in [6.07, 6.45) is 10.7. The van der Waals surface area contributed by atoms with Crippen molar-refractivity contribution in [3.8, 4) is 0 Å². The number of aromatic nitrogens is 2. The van der Waals surface area contributed by atoms with Crippen LogP contribution in [0.15, 0.2) is 47.5 Å². The summed E-state index contributed by atoms with van der Waals surface area (Å²) in [6.45, 7) is 1.80. The average Bonchev–Trinajstić information content (AvgIpc) is 2.71. The second-order valence-electron chi connectivity index (χ2n) is 8.08. The number of hydrogen-bond donors (Lipinski definition) is 1. The van der Waals surface area contributed by atoms with Gasteiger partial charge in [0.15, 0.2) is 5.82 Å². The predicted molar refractivity (Wildman–Crippen MR) is 109 cm³/mol. The maximum absolute atomic E-state index is 12.4. The Morgan fingerprint density at radius 1 is 1.04 bits per heavy atom. The van der Waals surface area contributed by atoms with Crippen LogP contribution in [0.1, 0.15) is 50.0 Å². The molecule has 1 saturated carbocycles. The second kappa shape index (κ2) is 8.26. The lowest BCUT2D eigenvalue weighted by Gasteiger charge is -2.37. The largest absolute Gasteiger partial charge is 0.350 e. The molecule has 1 unspecified atom stereocenters. The molecule has 1 aliphatic carbocycles. The molecule has 144 valence electrons. The Labute approximate surface area is 161 Å². The van der Waals surface area contributed by atoms with Gasteiger partial charge in [-0.05, 0) is 50.0 Å². The molecule has 0 spiro atoms. The van der Waals surface area contributed by atoms with E-state index in [0.29, 0.717) is 23.8 Å². The molecule has 27 heavy (non-hydrogen) atoms. The van der Waals surface area contributed by atoms with Gasteiger partial charge in [-0.2, -0.15) is 0 Å². The van der Waals surface area contributed by atoms with Gasteiger partial charge in [-0.1, -0.05) is 30.3 Å². The predicted octanol–water partition coefficient (Wildman–Crippen LogP) is 3.07. The van der Waals surface area contributed by atoms with E-state index in [-0.39, 0.29) is 5.56 Å². The lowest BCUT2D eigenvalue weighted by atomic mass is 9.81. The van der Waals surface area contributed by atoms with Gasteiger partial charge < -0.3 is 14.8 Å². The molecule has 2 aliphatic rings. The highest BCUT2D eigenvalue weighted by Gasteiger charge is 2.27. The third kappa shape index (κ3) is 4.24. The van der Waals surface area contributed by atoms with Crippen molar-refractivity contribution in [2.45, 2.75) is 56.5 Å². The fourth-order valence-corrected chi connectivity index (χ4v) is 4.66. The molecule has 1 aromatic heterocycles. The van der Waals surface area contributed by atoms with Gasteiger partial charge in [0, 0.05) is 44.6 Å². The smallest absolute Gasteiger partial charge is 0.293 e. The zero-order chi connectivity index (χ0) is 18.6. The number of aryl methyl sites for hydroxylation is 1. The molecule has 1 aromatic carbocycles. The molecule has 5 heteroatoms. The fourth-order valence-electron chi connectivity index (χ4n) is 4.66. The minimum absolute atomic E-state index is 0.00141. The third-order valence-electron chi connectivity index (χ3n) is 6.19. The molecule has 5 nitrogen and oxygen atoms in total. The Balaban J connectivity index is 1.32. The minimum atomic E-state index is 0.00141. The standard InChI is InChI=1S/C22H30N4O/c1-25-15-13-23-21(22(25)27)26-14-5-8-20(16-26)24-19-11-9-18(10-12-19)17-6-3-2-4-7-17/h2-4,6-7,13,15,18-20,24H,5,8-12,14,16H2,1H3. The summed E-state index contributed by atoms with van der Waals surface area (Å²) in [4.78, 5) is 18.9. The zero-order valence-electron chi connectivity index (χ0n) is 16.2. The van der Waals surface area contributed by atoms with Crippen LogP contribution in [-0.4, -0.2) is 34.7 Å². The van der Waals surface area contributed by atoms with Crippen molar-refractivity contribution in [2.75, 3.05) is 18.0 Å². The molecule has 0 radical (unpaired) electrons. The maximum Gasteiger partial charge on any atom is 0.293 e. The Bertz CT molecular complexity index is 795. The van der Waals surface area contributed by atoms with Crippen LogP contribution in [0, 0.1) is 0 Å². The highest BCUT2D eigenvalue weighted by molar-refractivity contribution is 5.36. The van der Waals surface area contributed by atoms with Crippen molar-refractivity contribution in [3.05, 3.63) is 58.6 Å². The molecule has 2 heterocycles. The third-order valence-corrected chi connectivity index (χ3v) is 6.19. The zero-order valence-corrected chi connectivity index (χ0v) is 16.2. The quantitative estimate of drug-likeness (QED) is 0.904. The van der Waals surface area contributed by atoms with Crippen molar-refractivity contribution in [1.29, 1.82) is 0 Å². The summed E-state index contributed by atoms with van der Waals surface area (Å²) >= 11 is 0. The molecule has 1 aliphatic heterocycles. The van der Waals surface area contributed by atoms with Crippen LogP contribution in [0.3, 0.4) is 0 Å². The molecule has 4 rings (SSSR count). The molecule has 2 aromatic rings. The van der Waals surface area contributed by atoms with E-state index in [1.165, 1.54) is 37.7 Å². The van der Waals surface area contributed by atoms with Gasteiger partial charge in [-0.15, -0.1) is 0 Å². The Morgan fingerprint density at radius 2 is 1.81 bits per heavy atom. The van der Waals surface area contributed by atoms with Gasteiger partial charge in [0.05, 0.1) is 0 Å². The van der Waals surface area contributed by atoms with Crippen molar-refractivity contribution < 1.29 is 0 Å². The molecule has 2 fully saturated rings. The first-order valence-corrected chi connectivity index (χ1v) is 10.3. The SMILES string of the molecule is Cn1ccnc(N2CCCC(NC3CCC(c4ccccc4)CC3)C2)c1=O. The highest BCUT2D eigenvalue weighted by atomic mass is 16.1. The molecular formula is C22H30N4O. The lowest BCUT2D eigenvalue weighted by molar-refractivity contribution is 0.295. The van der Waals surface area contributed by atoms with Crippen LogP contribution in [-0.2, 0) is 7.05 Å². The average molecular weight is 367 g/mol. The van der Waals surface area contributed by atoms with E-state index < -0.39 is 0 Å². The van der Waals surface area contributed by atoms with Crippen LogP contribution in [0.5, 0.6) is 0 Å². The first kappa shape index (κ1) is 18.2. The van der Waals surface area contributed by atoms with Gasteiger partial charge in [-0.3, -0.25) is 4.79 Å². The molecule has 1 N–H and O–H groups in total. The monoisotopic (exact) mass is 366 g/mol. The van der Waals surface area contributed by atoms with Gasteiger partial charge in [0.25, 0.3) is 5.56 Å². The van der Waals surface area contributed by atoms with E-state index in [9.17, 15) is 4.79 Å². The number of piperidine rings is 1. The summed E-state index contributed by atoms with van der Waals surface area (Å²) in [6, 6.07) is 12.0. The number of nitrogens with one attached hydrogen (secondary N) is 1. The van der Waals surface area contributed by atoms with Crippen LogP contribution >= 0.6 is 0 Å². The number of anilines is 1. The van der Waals surface area contributed by atoms with Crippen molar-refractivity contribution >= 4 is 5.82 Å². The van der Waals surface area contributed by atoms with Crippen molar-refractivity contribution in [1.82, 2.24) is 14.9 Å². The van der Waals surface area contributed by atoms with E-state index in [0.717, 1.165) is 19.5 Å². The summed E-state index contributed by atoms with van der Waals surface area (Å²) in [5.74, 6) is 1.31. The molecule has 1 saturated heterocycles. The molecule has 0 amide bonds. The summed E-state index contributed by atoms with van der Waals surface area (Å²) in [7, 11) is 1.79. The van der Waals surface area contributed by atoms with Gasteiger partial charge in [0.2, 0.25) is 0 Å². The van der Waals surface area contributed by atoms with E-state index in [2.05, 4.69) is 45.5 Å². The van der Waals surface area contributed by atoms with Gasteiger partial charge in [-0.25, -0.2) is 4.98 Å². The number of benzene rings is 1. The Hall–Kier alpha value is -2.14. The molecular weight excluding hydrogens is 336 g/mol. The highest BCUT2D eigenvalue weighted by Crippen LogP contribution is 2.33. The van der Waals surface area contributed by atoms with Crippen LogP contribution in [0.2, 0.25) is 0 Å². The molecule has 0 bridgehead atoms. The van der Waals surface area contributed by atoms with Crippen LogP contribution in [0.25, 0.3) is 0 Å². The van der Waals surface area contributed by atoms with Crippen LogP contribution < -0.4 is 15.8 Å². The Morgan fingerprint density at radius 3 is 2.59 bits per heavy atom. The van der Waals surface area contributed by atoms with E-state index in [1.807, 2.05) is 0 Å². The van der Waals surface area contributed by atoms with Gasteiger partial charge in [0.1, 0.15) is 0 Å². The first-order chi connectivity index (χ1) is 13.2. The number of rotatable bonds is 4. The maximum atomic E-state index is 12.4. The van der Waals surface area contributed by atoms with E-state index in [1.54, 1.807) is 24.0 Å². The van der Waals surface area contributed by atoms with Crippen molar-refractivity contribution in [2.24, 2.45) is 7.05 Å². The fraction of sp³-hybridized carbons (Fsp3) is 0.545. The van der Waals surface area contributed by atoms with E-state index >= 15 is 0 Å². The number of nitrogens with zero attached hydrogens (tertiary/aromatic N) is 3. The summed E-state index contributed by atoms with van der Waals surface area (Å²) in [5.41, 5.74) is 1.49. The second-order valence-corrected chi connectivity index (χ2v) is 8.08. The van der Waals surface area contributed by atoms with Gasteiger partial charge >= 0.3 is 0 Å². The van der Waals surface area contributed by atoms with Crippen LogP contribution in [0.4, 0.5) is 5.82 Å². The summed E-state index contributed by atoms with van der Waals surface area (Å²) in [5, 5.41) is 3.89. The van der Waals surface area contributed by atoms with E-state index in [4.69, 9.17) is 0 Å².